The SMILES string of the molecule is CCC1CCCC(Nc2cccc([N+](=O)[O-])c2C)CC1. The zero-order valence-corrected chi connectivity index (χ0v) is 12.4. The van der Waals surface area contributed by atoms with Gasteiger partial charge >= 0.3 is 0 Å². The van der Waals surface area contributed by atoms with Crippen LogP contribution in [-0.4, -0.2) is 11.0 Å². The third-order valence-electron chi connectivity index (χ3n) is 4.53. The Hall–Kier alpha value is -1.58. The van der Waals surface area contributed by atoms with Crippen molar-refractivity contribution in [2.45, 2.75) is 58.4 Å². The molecule has 1 N–H and O–H groups in total. The largest absolute Gasteiger partial charge is 0.382 e. The molecule has 0 amide bonds. The quantitative estimate of drug-likeness (QED) is 0.493. The number of hydrogen-bond acceptors (Lipinski definition) is 3. The molecule has 1 aromatic rings. The average molecular weight is 276 g/mol. The van der Waals surface area contributed by atoms with Gasteiger partial charge < -0.3 is 5.32 Å². The number of nitro groups is 1. The van der Waals surface area contributed by atoms with Gasteiger partial charge in [0.2, 0.25) is 0 Å². The number of nitro benzene ring substituents is 1. The maximum Gasteiger partial charge on any atom is 0.274 e. The summed E-state index contributed by atoms with van der Waals surface area (Å²) < 4.78 is 0. The number of nitrogens with one attached hydrogen (secondary N) is 1. The van der Waals surface area contributed by atoms with Gasteiger partial charge in [0, 0.05) is 23.4 Å². The van der Waals surface area contributed by atoms with Gasteiger partial charge in [-0.15, -0.1) is 0 Å². The minimum Gasteiger partial charge on any atom is -0.382 e. The third-order valence-corrected chi connectivity index (χ3v) is 4.53. The summed E-state index contributed by atoms with van der Waals surface area (Å²) in [6.45, 7) is 4.09. The molecule has 0 radical (unpaired) electrons. The monoisotopic (exact) mass is 276 g/mol. The molecule has 4 heteroatoms. The van der Waals surface area contributed by atoms with E-state index >= 15 is 0 Å². The predicted molar refractivity (Wildman–Crippen MR) is 82.1 cm³/mol. The Morgan fingerprint density at radius 3 is 2.80 bits per heavy atom. The second kappa shape index (κ2) is 6.73. The summed E-state index contributed by atoms with van der Waals surface area (Å²) in [4.78, 5) is 10.7. The van der Waals surface area contributed by atoms with Gasteiger partial charge in [0.25, 0.3) is 5.69 Å². The van der Waals surface area contributed by atoms with Gasteiger partial charge in [0.1, 0.15) is 0 Å². The number of benzene rings is 1. The van der Waals surface area contributed by atoms with Crippen LogP contribution in [0, 0.1) is 23.0 Å². The molecular weight excluding hydrogens is 252 g/mol. The number of anilines is 1. The van der Waals surface area contributed by atoms with Crippen LogP contribution < -0.4 is 5.32 Å². The Balaban J connectivity index is 2.06. The molecule has 0 spiro atoms. The molecule has 2 unspecified atom stereocenters. The van der Waals surface area contributed by atoms with E-state index in [2.05, 4.69) is 12.2 Å². The van der Waals surface area contributed by atoms with E-state index in [-0.39, 0.29) is 10.6 Å². The normalized spacial score (nSPS) is 23.1. The molecule has 2 rings (SSSR count). The van der Waals surface area contributed by atoms with Crippen molar-refractivity contribution in [3.05, 3.63) is 33.9 Å². The molecule has 0 bridgehead atoms. The van der Waals surface area contributed by atoms with Crippen LogP contribution >= 0.6 is 0 Å². The fraction of sp³-hybridized carbons (Fsp3) is 0.625. The van der Waals surface area contributed by atoms with Crippen LogP contribution in [0.25, 0.3) is 0 Å². The van der Waals surface area contributed by atoms with Crippen molar-refractivity contribution < 1.29 is 4.92 Å². The first-order valence-electron chi connectivity index (χ1n) is 7.62. The van der Waals surface area contributed by atoms with Gasteiger partial charge in [-0.3, -0.25) is 10.1 Å². The predicted octanol–water partition coefficient (Wildman–Crippen LogP) is 4.67. The van der Waals surface area contributed by atoms with Gasteiger partial charge in [-0.25, -0.2) is 0 Å². The lowest BCUT2D eigenvalue weighted by Gasteiger charge is -2.19. The lowest BCUT2D eigenvalue weighted by molar-refractivity contribution is -0.385. The molecule has 110 valence electrons. The lowest BCUT2D eigenvalue weighted by Crippen LogP contribution is -2.19. The van der Waals surface area contributed by atoms with Gasteiger partial charge in [-0.2, -0.15) is 0 Å². The zero-order chi connectivity index (χ0) is 14.5. The third kappa shape index (κ3) is 3.50. The van der Waals surface area contributed by atoms with E-state index in [0.717, 1.165) is 17.2 Å². The van der Waals surface area contributed by atoms with E-state index in [0.29, 0.717) is 6.04 Å². The summed E-state index contributed by atoms with van der Waals surface area (Å²) in [6.07, 6.45) is 7.44. The van der Waals surface area contributed by atoms with E-state index in [1.54, 1.807) is 12.1 Å². The molecule has 0 aromatic heterocycles. The van der Waals surface area contributed by atoms with Crippen LogP contribution in [0.5, 0.6) is 0 Å². The molecule has 1 aromatic carbocycles. The van der Waals surface area contributed by atoms with Crippen molar-refractivity contribution in [3.8, 4) is 0 Å². The summed E-state index contributed by atoms with van der Waals surface area (Å²) in [5.41, 5.74) is 1.86. The Morgan fingerprint density at radius 2 is 2.10 bits per heavy atom. The van der Waals surface area contributed by atoms with E-state index in [9.17, 15) is 10.1 Å². The lowest BCUT2D eigenvalue weighted by atomic mass is 9.98. The van der Waals surface area contributed by atoms with Crippen LogP contribution in [-0.2, 0) is 0 Å². The molecule has 0 aliphatic heterocycles. The van der Waals surface area contributed by atoms with Crippen molar-refractivity contribution in [3.63, 3.8) is 0 Å². The Kier molecular flexibility index (Phi) is 4.99. The first-order valence-corrected chi connectivity index (χ1v) is 7.62. The van der Waals surface area contributed by atoms with E-state index in [1.165, 1.54) is 38.5 Å². The van der Waals surface area contributed by atoms with E-state index in [1.807, 2.05) is 13.0 Å². The van der Waals surface area contributed by atoms with Crippen LogP contribution in [0.1, 0.15) is 51.0 Å². The summed E-state index contributed by atoms with van der Waals surface area (Å²) in [5.74, 6) is 0.855. The highest BCUT2D eigenvalue weighted by molar-refractivity contribution is 5.60. The van der Waals surface area contributed by atoms with E-state index < -0.39 is 0 Å². The fourth-order valence-corrected chi connectivity index (χ4v) is 3.13. The maximum atomic E-state index is 11.0. The molecule has 1 aliphatic carbocycles. The van der Waals surface area contributed by atoms with Crippen LogP contribution in [0.2, 0.25) is 0 Å². The minimum absolute atomic E-state index is 0.204. The molecule has 0 heterocycles. The second-order valence-electron chi connectivity index (χ2n) is 5.83. The molecule has 1 fully saturated rings. The van der Waals surface area contributed by atoms with Crippen molar-refractivity contribution in [1.29, 1.82) is 0 Å². The zero-order valence-electron chi connectivity index (χ0n) is 12.4. The topological polar surface area (TPSA) is 55.2 Å². The highest BCUT2D eigenvalue weighted by Crippen LogP contribution is 2.30. The van der Waals surface area contributed by atoms with Crippen molar-refractivity contribution in [1.82, 2.24) is 0 Å². The first kappa shape index (κ1) is 14.8. The smallest absolute Gasteiger partial charge is 0.274 e. The van der Waals surface area contributed by atoms with Crippen LogP contribution in [0.3, 0.4) is 0 Å². The van der Waals surface area contributed by atoms with Gasteiger partial charge in [0.15, 0.2) is 0 Å². The second-order valence-corrected chi connectivity index (χ2v) is 5.83. The van der Waals surface area contributed by atoms with Crippen molar-refractivity contribution in [2.75, 3.05) is 5.32 Å². The molecular formula is C16H24N2O2. The first-order chi connectivity index (χ1) is 9.61. The maximum absolute atomic E-state index is 11.0. The highest BCUT2D eigenvalue weighted by Gasteiger charge is 2.20. The Labute approximate surface area is 120 Å². The summed E-state index contributed by atoms with van der Waals surface area (Å²) in [7, 11) is 0. The number of rotatable bonds is 4. The molecule has 2 atom stereocenters. The highest BCUT2D eigenvalue weighted by atomic mass is 16.6. The van der Waals surface area contributed by atoms with E-state index in [4.69, 9.17) is 0 Å². The summed E-state index contributed by atoms with van der Waals surface area (Å²) in [6, 6.07) is 5.73. The van der Waals surface area contributed by atoms with Gasteiger partial charge in [-0.05, 0) is 38.2 Å². The van der Waals surface area contributed by atoms with Crippen molar-refractivity contribution >= 4 is 11.4 Å². The average Bonchev–Trinajstić information content (AvgIpc) is 2.66. The molecule has 20 heavy (non-hydrogen) atoms. The van der Waals surface area contributed by atoms with Crippen LogP contribution in [0.15, 0.2) is 18.2 Å². The van der Waals surface area contributed by atoms with Crippen LogP contribution in [0.4, 0.5) is 11.4 Å². The molecule has 1 aliphatic rings. The molecule has 4 nitrogen and oxygen atoms in total. The summed E-state index contributed by atoms with van der Waals surface area (Å²) >= 11 is 0. The Bertz CT molecular complexity index is 474. The minimum atomic E-state index is -0.305. The summed E-state index contributed by atoms with van der Waals surface area (Å²) in [5, 5.41) is 14.5. The van der Waals surface area contributed by atoms with Gasteiger partial charge in [0.05, 0.1) is 4.92 Å². The molecule has 1 saturated carbocycles. The van der Waals surface area contributed by atoms with Gasteiger partial charge in [-0.1, -0.05) is 32.3 Å². The Morgan fingerprint density at radius 1 is 1.30 bits per heavy atom. The number of hydrogen-bond donors (Lipinski definition) is 1. The fourth-order valence-electron chi connectivity index (χ4n) is 3.13. The number of nitrogens with zero attached hydrogens (tertiary/aromatic N) is 1. The van der Waals surface area contributed by atoms with Crippen molar-refractivity contribution in [2.24, 2.45) is 5.92 Å². The standard InChI is InChI=1S/C16H24N2O2/c1-3-13-6-4-7-14(11-10-13)17-15-8-5-9-16(12(15)2)18(19)20/h5,8-9,13-14,17H,3-4,6-7,10-11H2,1-2H3. The molecule has 0 saturated heterocycles.